The van der Waals surface area contributed by atoms with Crippen LogP contribution in [0, 0.1) is 0 Å². The smallest absolute Gasteiger partial charge is 0.246 e. The summed E-state index contributed by atoms with van der Waals surface area (Å²) in [7, 11) is 0. The first-order chi connectivity index (χ1) is 13.0. The number of hydrogen-bond acceptors (Lipinski definition) is 6. The Labute approximate surface area is 159 Å². The fourth-order valence-electron chi connectivity index (χ4n) is 3.26. The summed E-state index contributed by atoms with van der Waals surface area (Å²) in [6, 6.07) is 8.10. The number of piperazine rings is 1. The summed E-state index contributed by atoms with van der Waals surface area (Å²) in [5.74, 6) is -0.452. The molecule has 2 amide bonds. The van der Waals surface area contributed by atoms with Crippen LogP contribution >= 0.6 is 0 Å². The van der Waals surface area contributed by atoms with Crippen LogP contribution in [-0.4, -0.2) is 76.0 Å². The maximum absolute atomic E-state index is 13.0. The zero-order chi connectivity index (χ0) is 19.8. The van der Waals surface area contributed by atoms with Crippen LogP contribution < -0.4 is 11.1 Å². The maximum Gasteiger partial charge on any atom is 0.246 e. The summed E-state index contributed by atoms with van der Waals surface area (Å²) in [6.45, 7) is -0.0427. The van der Waals surface area contributed by atoms with Crippen molar-refractivity contribution in [3.63, 3.8) is 0 Å². The van der Waals surface area contributed by atoms with Gasteiger partial charge in [0.15, 0.2) is 0 Å². The average Bonchev–Trinajstić information content (AvgIpc) is 2.68. The molecule has 1 fully saturated rings. The van der Waals surface area contributed by atoms with Crippen molar-refractivity contribution in [3.8, 4) is 0 Å². The number of aliphatic hydroxyl groups excluding tert-OH is 3. The second-order valence-electron chi connectivity index (χ2n) is 6.84. The fourth-order valence-corrected chi connectivity index (χ4v) is 3.26. The molecule has 27 heavy (non-hydrogen) atoms. The third-order valence-corrected chi connectivity index (χ3v) is 4.84. The first kappa shape index (κ1) is 21.3. The van der Waals surface area contributed by atoms with Gasteiger partial charge in [0.05, 0.1) is 12.7 Å². The Morgan fingerprint density at radius 1 is 1.15 bits per heavy atom. The van der Waals surface area contributed by atoms with E-state index in [-0.39, 0.29) is 24.8 Å². The number of carbonyl (C=O) groups is 2. The normalized spacial score (nSPS) is 22.4. The van der Waals surface area contributed by atoms with Gasteiger partial charge in [0.2, 0.25) is 11.8 Å². The number of carbonyl (C=O) groups excluding carboxylic acids is 2. The molecule has 2 rings (SSSR count). The highest BCUT2D eigenvalue weighted by atomic mass is 16.4. The lowest BCUT2D eigenvalue weighted by Crippen LogP contribution is -2.64. The van der Waals surface area contributed by atoms with Crippen LogP contribution in [0.1, 0.15) is 24.8 Å². The summed E-state index contributed by atoms with van der Waals surface area (Å²) < 4.78 is 0. The molecular formula is C19H29N3O5. The van der Waals surface area contributed by atoms with Crippen LogP contribution in [0.25, 0.3) is 0 Å². The summed E-state index contributed by atoms with van der Waals surface area (Å²) >= 11 is 0. The van der Waals surface area contributed by atoms with Crippen LogP contribution in [0.5, 0.6) is 0 Å². The number of nitrogens with zero attached hydrogens (tertiary/aromatic N) is 1. The van der Waals surface area contributed by atoms with Crippen molar-refractivity contribution in [2.45, 2.75) is 50.0 Å². The third-order valence-electron chi connectivity index (χ3n) is 4.84. The minimum absolute atomic E-state index is 0.0674. The number of nitrogens with one attached hydrogen (secondary N) is 1. The molecule has 1 heterocycles. The Morgan fingerprint density at radius 2 is 1.85 bits per heavy atom. The van der Waals surface area contributed by atoms with Gasteiger partial charge in [0, 0.05) is 13.0 Å². The molecule has 8 heteroatoms. The first-order valence-corrected chi connectivity index (χ1v) is 9.29. The summed E-state index contributed by atoms with van der Waals surface area (Å²) in [4.78, 5) is 27.0. The van der Waals surface area contributed by atoms with Crippen LogP contribution in [-0.2, 0) is 16.0 Å². The van der Waals surface area contributed by atoms with Gasteiger partial charge in [-0.15, -0.1) is 0 Å². The Hall–Kier alpha value is -2.00. The molecule has 4 unspecified atom stereocenters. The molecule has 1 aromatic carbocycles. The van der Waals surface area contributed by atoms with E-state index in [2.05, 4.69) is 5.32 Å². The van der Waals surface area contributed by atoms with E-state index in [0.717, 1.165) is 5.56 Å². The van der Waals surface area contributed by atoms with Crippen molar-refractivity contribution in [3.05, 3.63) is 35.9 Å². The maximum atomic E-state index is 13.0. The summed E-state index contributed by atoms with van der Waals surface area (Å²) in [6.07, 6.45) is -0.972. The second-order valence-corrected chi connectivity index (χ2v) is 6.84. The lowest BCUT2D eigenvalue weighted by molar-refractivity contribution is -0.150. The van der Waals surface area contributed by atoms with Crippen LogP contribution in [0.3, 0.4) is 0 Å². The Balaban J connectivity index is 2.11. The summed E-state index contributed by atoms with van der Waals surface area (Å²) in [5.41, 5.74) is 6.48. The average molecular weight is 379 g/mol. The third kappa shape index (κ3) is 5.74. The molecule has 1 aliphatic rings. The van der Waals surface area contributed by atoms with E-state index < -0.39 is 30.9 Å². The molecule has 0 saturated carbocycles. The van der Waals surface area contributed by atoms with E-state index in [4.69, 9.17) is 10.8 Å². The summed E-state index contributed by atoms with van der Waals surface area (Å²) in [5, 5.41) is 31.2. The van der Waals surface area contributed by atoms with Crippen LogP contribution in [0.4, 0.5) is 0 Å². The van der Waals surface area contributed by atoms with Gasteiger partial charge in [-0.05, 0) is 31.4 Å². The van der Waals surface area contributed by atoms with Crippen molar-refractivity contribution < 1.29 is 24.9 Å². The largest absolute Gasteiger partial charge is 0.394 e. The number of amides is 2. The molecule has 1 aromatic rings. The Bertz CT molecular complexity index is 613. The molecule has 8 nitrogen and oxygen atoms in total. The second kappa shape index (κ2) is 10.4. The Kier molecular flexibility index (Phi) is 8.18. The van der Waals surface area contributed by atoms with Crippen molar-refractivity contribution in [2.24, 2.45) is 5.73 Å². The van der Waals surface area contributed by atoms with Gasteiger partial charge in [0.1, 0.15) is 18.2 Å². The van der Waals surface area contributed by atoms with Gasteiger partial charge in [-0.1, -0.05) is 30.3 Å². The predicted octanol–water partition coefficient (Wildman–Crippen LogP) is -1.23. The van der Waals surface area contributed by atoms with Gasteiger partial charge in [0.25, 0.3) is 0 Å². The number of aliphatic hydroxyl groups is 3. The van der Waals surface area contributed by atoms with Crippen molar-refractivity contribution in [1.29, 1.82) is 0 Å². The van der Waals surface area contributed by atoms with E-state index in [9.17, 15) is 19.8 Å². The molecule has 1 aliphatic heterocycles. The topological polar surface area (TPSA) is 136 Å². The van der Waals surface area contributed by atoms with Gasteiger partial charge in [-0.3, -0.25) is 9.59 Å². The number of benzene rings is 1. The van der Waals surface area contributed by atoms with Gasteiger partial charge in [-0.2, -0.15) is 0 Å². The van der Waals surface area contributed by atoms with E-state index in [1.165, 1.54) is 4.90 Å². The highest BCUT2D eigenvalue weighted by Gasteiger charge is 2.40. The standard InChI is InChI=1S/C19H29N3O5/c20-9-4-7-15-18(26)21-14(11-13-5-2-1-3-6-13)19(27)22(15)10-8-16(24)17(25)12-23/h1-3,5-6,14-17,23-25H,4,7-12,20H2,(H,21,26). The number of rotatable bonds is 10. The molecular weight excluding hydrogens is 350 g/mol. The van der Waals surface area contributed by atoms with Crippen LogP contribution in [0.2, 0.25) is 0 Å². The highest BCUT2D eigenvalue weighted by Crippen LogP contribution is 2.18. The molecule has 0 bridgehead atoms. The molecule has 4 atom stereocenters. The number of nitrogens with two attached hydrogens (primary N) is 1. The zero-order valence-electron chi connectivity index (χ0n) is 15.3. The SMILES string of the molecule is NCCCC1C(=O)NC(Cc2ccccc2)C(=O)N1CCC(O)C(O)CO. The van der Waals surface area contributed by atoms with Gasteiger partial charge >= 0.3 is 0 Å². The molecule has 0 aliphatic carbocycles. The molecule has 1 saturated heterocycles. The molecule has 0 radical (unpaired) electrons. The lowest BCUT2D eigenvalue weighted by Gasteiger charge is -2.39. The predicted molar refractivity (Wildman–Crippen MR) is 99.6 cm³/mol. The van der Waals surface area contributed by atoms with Crippen molar-refractivity contribution in [2.75, 3.05) is 19.7 Å². The zero-order valence-corrected chi connectivity index (χ0v) is 15.3. The molecule has 0 spiro atoms. The molecule has 150 valence electrons. The monoisotopic (exact) mass is 379 g/mol. The minimum Gasteiger partial charge on any atom is -0.394 e. The van der Waals surface area contributed by atoms with E-state index in [1.54, 1.807) is 0 Å². The lowest BCUT2D eigenvalue weighted by atomic mass is 9.97. The molecule has 6 N–H and O–H groups in total. The highest BCUT2D eigenvalue weighted by molar-refractivity contribution is 5.97. The first-order valence-electron chi connectivity index (χ1n) is 9.29. The Morgan fingerprint density at radius 3 is 2.48 bits per heavy atom. The van der Waals surface area contributed by atoms with Gasteiger partial charge in [-0.25, -0.2) is 0 Å². The van der Waals surface area contributed by atoms with E-state index in [0.29, 0.717) is 25.8 Å². The molecule has 0 aromatic heterocycles. The fraction of sp³-hybridized carbons (Fsp3) is 0.579. The van der Waals surface area contributed by atoms with Gasteiger partial charge < -0.3 is 31.3 Å². The van der Waals surface area contributed by atoms with Crippen molar-refractivity contribution >= 4 is 11.8 Å². The minimum atomic E-state index is -1.28. The quantitative estimate of drug-likeness (QED) is 0.345. The van der Waals surface area contributed by atoms with E-state index in [1.807, 2.05) is 30.3 Å². The van der Waals surface area contributed by atoms with Crippen LogP contribution in [0.15, 0.2) is 30.3 Å². The van der Waals surface area contributed by atoms with Crippen molar-refractivity contribution in [1.82, 2.24) is 10.2 Å². The number of hydrogen-bond donors (Lipinski definition) is 5. The van der Waals surface area contributed by atoms with E-state index >= 15 is 0 Å².